The fourth-order valence-electron chi connectivity index (χ4n) is 3.12. The number of hydrogen-bond donors (Lipinski definition) is 3. The van der Waals surface area contributed by atoms with Crippen molar-refractivity contribution >= 4 is 11.9 Å². The molecule has 1 aliphatic heterocycles. The molecule has 0 spiro atoms. The Morgan fingerprint density at radius 3 is 2.37 bits per heavy atom. The van der Waals surface area contributed by atoms with Crippen LogP contribution in [-0.2, 0) is 5.66 Å². The van der Waals surface area contributed by atoms with Gasteiger partial charge in [-0.1, -0.05) is 36.4 Å². The van der Waals surface area contributed by atoms with Gasteiger partial charge in [-0.15, -0.1) is 0 Å². The predicted octanol–water partition coefficient (Wildman–Crippen LogP) is 1.78. The van der Waals surface area contributed by atoms with Crippen LogP contribution in [0.3, 0.4) is 0 Å². The van der Waals surface area contributed by atoms with Gasteiger partial charge in [-0.25, -0.2) is 15.0 Å². The van der Waals surface area contributed by atoms with Crippen molar-refractivity contribution in [3.8, 4) is 17.1 Å². The van der Waals surface area contributed by atoms with Crippen molar-refractivity contribution in [1.82, 2.24) is 10.3 Å². The molecule has 0 saturated heterocycles. The fraction of sp³-hybridized carbons (Fsp3) is 0.105. The van der Waals surface area contributed by atoms with E-state index < -0.39 is 5.66 Å². The summed E-state index contributed by atoms with van der Waals surface area (Å²) in [4.78, 5) is 13.2. The number of guanidine groups is 2. The van der Waals surface area contributed by atoms with Crippen LogP contribution in [0.1, 0.15) is 11.1 Å². The summed E-state index contributed by atoms with van der Waals surface area (Å²) in [6.45, 7) is 0. The Hall–Kier alpha value is -3.81. The number of hydrogen-bond acceptors (Lipinski definition) is 8. The molecule has 1 aromatic heterocycles. The first-order chi connectivity index (χ1) is 13.1. The van der Waals surface area contributed by atoms with E-state index in [0.29, 0.717) is 11.5 Å². The molecule has 136 valence electrons. The van der Waals surface area contributed by atoms with Gasteiger partial charge in [-0.2, -0.15) is 0 Å². The lowest BCUT2D eigenvalue weighted by Crippen LogP contribution is -2.48. The van der Waals surface area contributed by atoms with Gasteiger partial charge < -0.3 is 20.6 Å². The van der Waals surface area contributed by atoms with Crippen LogP contribution in [0, 0.1) is 0 Å². The van der Waals surface area contributed by atoms with Crippen LogP contribution in [0.5, 0.6) is 5.75 Å². The highest BCUT2D eigenvalue weighted by Gasteiger charge is 2.37. The minimum atomic E-state index is -1.12. The lowest BCUT2D eigenvalue weighted by Gasteiger charge is -2.31. The topological polar surface area (TPSA) is 124 Å². The Morgan fingerprint density at radius 2 is 1.74 bits per heavy atom. The number of nitrogens with one attached hydrogen (secondary N) is 1. The summed E-state index contributed by atoms with van der Waals surface area (Å²) in [5.74, 6) is 1.57. The molecule has 2 heterocycles. The van der Waals surface area contributed by atoms with Crippen molar-refractivity contribution in [3.05, 3.63) is 72.2 Å². The van der Waals surface area contributed by atoms with Crippen molar-refractivity contribution in [1.29, 1.82) is 0 Å². The molecule has 2 aromatic carbocycles. The quantitative estimate of drug-likeness (QED) is 0.650. The largest absolute Gasteiger partial charge is 0.496 e. The number of rotatable bonds is 4. The Bertz CT molecular complexity index is 994. The first-order valence-electron chi connectivity index (χ1n) is 8.23. The standard InChI is InChI=1S/C19H18N6O2/c1-26-15-9-13(7-8-14(15)16-10-22-11-27-16)19(12-5-3-2-4-6-12)24-17(20)23-18(21)25-19/h2-11H,1H3,(H5,20,21,23,24,25). The number of benzene rings is 2. The third-order valence-corrected chi connectivity index (χ3v) is 4.30. The molecule has 8 heteroatoms. The highest BCUT2D eigenvalue weighted by Crippen LogP contribution is 2.40. The Morgan fingerprint density at radius 1 is 1.00 bits per heavy atom. The molecule has 0 atom stereocenters. The molecule has 0 aliphatic carbocycles. The average Bonchev–Trinajstić information content (AvgIpc) is 3.22. The molecule has 1 aliphatic rings. The number of methoxy groups -OCH3 is 1. The number of aromatic nitrogens is 1. The van der Waals surface area contributed by atoms with Gasteiger partial charge >= 0.3 is 0 Å². The number of oxazole rings is 1. The van der Waals surface area contributed by atoms with Crippen LogP contribution in [0.25, 0.3) is 11.3 Å². The summed E-state index contributed by atoms with van der Waals surface area (Å²) in [5, 5.41) is 2.74. The summed E-state index contributed by atoms with van der Waals surface area (Å²) in [7, 11) is 1.59. The first kappa shape index (κ1) is 16.6. The highest BCUT2D eigenvalue weighted by molar-refractivity contribution is 5.99. The lowest BCUT2D eigenvalue weighted by molar-refractivity contribution is 0.412. The van der Waals surface area contributed by atoms with Gasteiger partial charge in [0.1, 0.15) is 5.75 Å². The van der Waals surface area contributed by atoms with E-state index in [1.54, 1.807) is 13.3 Å². The smallest absolute Gasteiger partial charge is 0.209 e. The maximum absolute atomic E-state index is 5.98. The fourth-order valence-corrected chi connectivity index (χ4v) is 3.12. The SMILES string of the molecule is COc1cc(C2(c3ccccc3)N=C(N)NC(N)=N2)ccc1-c1cnco1. The van der Waals surface area contributed by atoms with Crippen molar-refractivity contribution < 1.29 is 9.15 Å². The predicted molar refractivity (Wildman–Crippen MR) is 102 cm³/mol. The number of aliphatic imine (C=N–C) groups is 2. The van der Waals surface area contributed by atoms with E-state index >= 15 is 0 Å². The van der Waals surface area contributed by atoms with Crippen molar-refractivity contribution in [2.24, 2.45) is 21.5 Å². The molecule has 8 nitrogen and oxygen atoms in total. The average molecular weight is 362 g/mol. The molecule has 4 rings (SSSR count). The van der Waals surface area contributed by atoms with Gasteiger partial charge in [0.05, 0.1) is 18.9 Å². The van der Waals surface area contributed by atoms with E-state index in [9.17, 15) is 0 Å². The zero-order valence-electron chi connectivity index (χ0n) is 14.6. The number of nitrogens with two attached hydrogens (primary N) is 2. The van der Waals surface area contributed by atoms with Crippen LogP contribution < -0.4 is 21.5 Å². The van der Waals surface area contributed by atoms with Crippen molar-refractivity contribution in [2.45, 2.75) is 5.66 Å². The number of ether oxygens (including phenoxy) is 1. The first-order valence-corrected chi connectivity index (χ1v) is 8.23. The zero-order valence-corrected chi connectivity index (χ0v) is 14.6. The molecule has 5 N–H and O–H groups in total. The monoisotopic (exact) mass is 362 g/mol. The van der Waals surface area contributed by atoms with E-state index in [4.69, 9.17) is 20.6 Å². The van der Waals surface area contributed by atoms with Crippen LogP contribution in [0.4, 0.5) is 0 Å². The second-order valence-corrected chi connectivity index (χ2v) is 5.94. The van der Waals surface area contributed by atoms with Gasteiger partial charge in [0.15, 0.2) is 24.1 Å². The molecule has 27 heavy (non-hydrogen) atoms. The molecule has 0 radical (unpaired) electrons. The van der Waals surface area contributed by atoms with Crippen LogP contribution >= 0.6 is 0 Å². The van der Waals surface area contributed by atoms with E-state index in [-0.39, 0.29) is 11.9 Å². The van der Waals surface area contributed by atoms with E-state index in [1.807, 2.05) is 48.5 Å². The summed E-state index contributed by atoms with van der Waals surface area (Å²) < 4.78 is 11.0. The Kier molecular flexibility index (Phi) is 4.00. The minimum Gasteiger partial charge on any atom is -0.496 e. The summed E-state index contributed by atoms with van der Waals surface area (Å²) in [6, 6.07) is 15.2. The van der Waals surface area contributed by atoms with Crippen LogP contribution in [-0.4, -0.2) is 24.0 Å². The summed E-state index contributed by atoms with van der Waals surface area (Å²) in [5.41, 5.74) is 13.2. The summed E-state index contributed by atoms with van der Waals surface area (Å²) in [6.07, 6.45) is 3.00. The normalized spacial score (nSPS) is 15.4. The number of nitrogens with zero attached hydrogens (tertiary/aromatic N) is 3. The molecule has 0 saturated carbocycles. The maximum atomic E-state index is 5.98. The second-order valence-electron chi connectivity index (χ2n) is 5.94. The second kappa shape index (κ2) is 6.49. The molecular weight excluding hydrogens is 344 g/mol. The molecular formula is C19H18N6O2. The molecule has 0 unspecified atom stereocenters. The van der Waals surface area contributed by atoms with Gasteiger partial charge in [0.2, 0.25) is 5.66 Å². The third kappa shape index (κ3) is 2.86. The Balaban J connectivity index is 1.93. The molecule has 0 fully saturated rings. The molecule has 0 bridgehead atoms. The maximum Gasteiger partial charge on any atom is 0.209 e. The van der Waals surface area contributed by atoms with E-state index in [0.717, 1.165) is 16.7 Å². The van der Waals surface area contributed by atoms with Crippen molar-refractivity contribution in [2.75, 3.05) is 7.11 Å². The highest BCUT2D eigenvalue weighted by atomic mass is 16.5. The van der Waals surface area contributed by atoms with E-state index in [2.05, 4.69) is 20.3 Å². The van der Waals surface area contributed by atoms with Crippen LogP contribution in [0.15, 0.2) is 75.5 Å². The van der Waals surface area contributed by atoms with Gasteiger partial charge in [-0.3, -0.25) is 5.32 Å². The molecule has 3 aromatic rings. The van der Waals surface area contributed by atoms with Gasteiger partial charge in [-0.05, 0) is 12.1 Å². The minimum absolute atomic E-state index is 0.185. The van der Waals surface area contributed by atoms with Crippen molar-refractivity contribution in [3.63, 3.8) is 0 Å². The summed E-state index contributed by atoms with van der Waals surface area (Å²) >= 11 is 0. The molecule has 0 amide bonds. The van der Waals surface area contributed by atoms with Gasteiger partial charge in [0, 0.05) is 11.1 Å². The lowest BCUT2D eigenvalue weighted by atomic mass is 9.90. The Labute approximate surface area is 155 Å². The van der Waals surface area contributed by atoms with E-state index in [1.165, 1.54) is 6.39 Å². The van der Waals surface area contributed by atoms with Gasteiger partial charge in [0.25, 0.3) is 0 Å². The third-order valence-electron chi connectivity index (χ3n) is 4.30. The van der Waals surface area contributed by atoms with Crippen LogP contribution in [0.2, 0.25) is 0 Å². The zero-order chi connectivity index (χ0) is 18.9.